The predicted molar refractivity (Wildman–Crippen MR) is 75.8 cm³/mol. The monoisotopic (exact) mass is 279 g/mol. The van der Waals surface area contributed by atoms with Crippen molar-refractivity contribution < 1.29 is 19.4 Å². The third-order valence-corrected chi connectivity index (χ3v) is 3.09. The smallest absolute Gasteiger partial charge is 0.322 e. The van der Waals surface area contributed by atoms with E-state index in [0.29, 0.717) is 5.75 Å². The summed E-state index contributed by atoms with van der Waals surface area (Å²) in [5.74, 6) is -0.708. The highest BCUT2D eigenvalue weighted by molar-refractivity contribution is 5.85. The molecule has 0 saturated carbocycles. The summed E-state index contributed by atoms with van der Waals surface area (Å²) in [5, 5.41) is 10.9. The van der Waals surface area contributed by atoms with E-state index in [2.05, 4.69) is 5.32 Å². The van der Waals surface area contributed by atoms with Gasteiger partial charge < -0.3 is 15.2 Å². The van der Waals surface area contributed by atoms with Crippen molar-refractivity contribution in [1.82, 2.24) is 5.32 Å². The number of carboxylic acids is 1. The van der Waals surface area contributed by atoms with Gasteiger partial charge in [0, 0.05) is 0 Å². The standard InChI is InChI=1S/C15H21NO4/c1-10-5-6-12(7-11(10)2)20-9-15(3,4)14(19)16-8-13(17)18/h5-7H,8-9H2,1-4H3,(H,16,19)(H,17,18). The Labute approximate surface area is 118 Å². The van der Waals surface area contributed by atoms with Crippen molar-refractivity contribution in [1.29, 1.82) is 0 Å². The topological polar surface area (TPSA) is 75.6 Å². The molecule has 0 bridgehead atoms. The van der Waals surface area contributed by atoms with E-state index < -0.39 is 11.4 Å². The lowest BCUT2D eigenvalue weighted by Crippen LogP contribution is -2.42. The molecule has 0 aromatic heterocycles. The molecular formula is C15H21NO4. The van der Waals surface area contributed by atoms with Gasteiger partial charge in [-0.15, -0.1) is 0 Å². The second-order valence-corrected chi connectivity index (χ2v) is 5.50. The number of hydrogen-bond donors (Lipinski definition) is 2. The fourth-order valence-electron chi connectivity index (χ4n) is 1.53. The number of aliphatic carboxylic acids is 1. The molecule has 110 valence electrons. The van der Waals surface area contributed by atoms with Gasteiger partial charge in [-0.25, -0.2) is 0 Å². The number of rotatable bonds is 6. The fourth-order valence-corrected chi connectivity index (χ4v) is 1.53. The maximum atomic E-state index is 11.9. The first kappa shape index (κ1) is 16.0. The molecule has 1 aromatic carbocycles. The summed E-state index contributed by atoms with van der Waals surface area (Å²) in [4.78, 5) is 22.3. The maximum absolute atomic E-state index is 11.9. The zero-order chi connectivity index (χ0) is 15.3. The van der Waals surface area contributed by atoms with Gasteiger partial charge in [0.05, 0.1) is 5.41 Å². The van der Waals surface area contributed by atoms with Crippen LogP contribution in [0.15, 0.2) is 18.2 Å². The summed E-state index contributed by atoms with van der Waals surface area (Å²) in [7, 11) is 0. The molecule has 20 heavy (non-hydrogen) atoms. The maximum Gasteiger partial charge on any atom is 0.322 e. The average Bonchev–Trinajstić information content (AvgIpc) is 2.37. The molecule has 5 heteroatoms. The number of benzene rings is 1. The zero-order valence-electron chi connectivity index (χ0n) is 12.3. The first-order chi connectivity index (χ1) is 9.22. The quantitative estimate of drug-likeness (QED) is 0.834. The molecule has 0 saturated heterocycles. The normalized spacial score (nSPS) is 11.0. The molecule has 0 heterocycles. The van der Waals surface area contributed by atoms with Gasteiger partial charge >= 0.3 is 5.97 Å². The molecule has 0 fully saturated rings. The second-order valence-electron chi connectivity index (χ2n) is 5.50. The number of hydrogen-bond acceptors (Lipinski definition) is 3. The molecule has 1 amide bonds. The van der Waals surface area contributed by atoms with Gasteiger partial charge in [0.25, 0.3) is 0 Å². The van der Waals surface area contributed by atoms with Crippen LogP contribution in [-0.2, 0) is 9.59 Å². The van der Waals surface area contributed by atoms with Gasteiger partial charge in [0.15, 0.2) is 0 Å². The third kappa shape index (κ3) is 4.57. The van der Waals surface area contributed by atoms with Crippen molar-refractivity contribution in [3.05, 3.63) is 29.3 Å². The van der Waals surface area contributed by atoms with Crippen LogP contribution in [0.25, 0.3) is 0 Å². The van der Waals surface area contributed by atoms with Crippen molar-refractivity contribution in [3.63, 3.8) is 0 Å². The summed E-state index contributed by atoms with van der Waals surface area (Å²) >= 11 is 0. The van der Waals surface area contributed by atoms with Crippen molar-refractivity contribution in [2.24, 2.45) is 5.41 Å². The molecule has 0 aliphatic heterocycles. The molecule has 0 unspecified atom stereocenters. The van der Waals surface area contributed by atoms with Crippen LogP contribution in [0.1, 0.15) is 25.0 Å². The molecule has 5 nitrogen and oxygen atoms in total. The zero-order valence-corrected chi connectivity index (χ0v) is 12.3. The molecular weight excluding hydrogens is 258 g/mol. The Bertz CT molecular complexity index is 509. The van der Waals surface area contributed by atoms with Crippen LogP contribution < -0.4 is 10.1 Å². The molecule has 1 rings (SSSR count). The minimum Gasteiger partial charge on any atom is -0.492 e. The predicted octanol–water partition coefficient (Wildman–Crippen LogP) is 1.91. The van der Waals surface area contributed by atoms with E-state index in [4.69, 9.17) is 9.84 Å². The van der Waals surface area contributed by atoms with E-state index in [-0.39, 0.29) is 19.1 Å². The van der Waals surface area contributed by atoms with E-state index in [9.17, 15) is 9.59 Å². The molecule has 0 aliphatic rings. The first-order valence-corrected chi connectivity index (χ1v) is 6.42. The number of carbonyl (C=O) groups is 2. The summed E-state index contributed by atoms with van der Waals surface area (Å²) in [5.41, 5.74) is 1.50. The SMILES string of the molecule is Cc1ccc(OCC(C)(C)C(=O)NCC(=O)O)cc1C. The molecule has 1 aromatic rings. The highest BCUT2D eigenvalue weighted by Gasteiger charge is 2.28. The molecule has 2 N–H and O–H groups in total. The van der Waals surface area contributed by atoms with Crippen molar-refractivity contribution in [2.45, 2.75) is 27.7 Å². The summed E-state index contributed by atoms with van der Waals surface area (Å²) < 4.78 is 5.63. The fraction of sp³-hybridized carbons (Fsp3) is 0.467. The van der Waals surface area contributed by atoms with Gasteiger partial charge in [-0.05, 0) is 51.0 Å². The summed E-state index contributed by atoms with van der Waals surface area (Å²) in [6.45, 7) is 7.23. The van der Waals surface area contributed by atoms with Gasteiger partial charge in [-0.3, -0.25) is 9.59 Å². The summed E-state index contributed by atoms with van der Waals surface area (Å²) in [6, 6.07) is 5.73. The van der Waals surface area contributed by atoms with Crippen LogP contribution in [0, 0.1) is 19.3 Å². The number of amides is 1. The Kier molecular flexibility index (Phi) is 5.13. The largest absolute Gasteiger partial charge is 0.492 e. The second kappa shape index (κ2) is 6.41. The Morgan fingerprint density at radius 3 is 2.45 bits per heavy atom. The number of carbonyl (C=O) groups excluding carboxylic acids is 1. The number of aryl methyl sites for hydroxylation is 2. The Morgan fingerprint density at radius 1 is 1.25 bits per heavy atom. The van der Waals surface area contributed by atoms with E-state index in [0.717, 1.165) is 5.56 Å². The van der Waals surface area contributed by atoms with Crippen LogP contribution in [0.2, 0.25) is 0 Å². The molecule has 0 atom stereocenters. The van der Waals surface area contributed by atoms with Gasteiger partial charge in [0.1, 0.15) is 18.9 Å². The van der Waals surface area contributed by atoms with Crippen molar-refractivity contribution >= 4 is 11.9 Å². The Balaban J connectivity index is 2.59. The highest BCUT2D eigenvalue weighted by atomic mass is 16.5. The van der Waals surface area contributed by atoms with Crippen LogP contribution >= 0.6 is 0 Å². The van der Waals surface area contributed by atoms with Crippen LogP contribution in [0.4, 0.5) is 0 Å². The van der Waals surface area contributed by atoms with E-state index >= 15 is 0 Å². The van der Waals surface area contributed by atoms with Crippen molar-refractivity contribution in [3.8, 4) is 5.75 Å². The summed E-state index contributed by atoms with van der Waals surface area (Å²) in [6.07, 6.45) is 0. The number of ether oxygens (including phenoxy) is 1. The number of nitrogens with one attached hydrogen (secondary N) is 1. The minimum atomic E-state index is -1.07. The Morgan fingerprint density at radius 2 is 1.90 bits per heavy atom. The third-order valence-electron chi connectivity index (χ3n) is 3.09. The van der Waals surface area contributed by atoms with Gasteiger partial charge in [-0.2, -0.15) is 0 Å². The van der Waals surface area contributed by atoms with Crippen LogP contribution in [0.5, 0.6) is 5.75 Å². The Hall–Kier alpha value is -2.04. The lowest BCUT2D eigenvalue weighted by molar-refractivity contribution is -0.140. The van der Waals surface area contributed by atoms with Crippen LogP contribution in [0.3, 0.4) is 0 Å². The van der Waals surface area contributed by atoms with E-state index in [1.54, 1.807) is 13.8 Å². The average molecular weight is 279 g/mol. The molecule has 0 aliphatic carbocycles. The number of carboxylic acid groups (broad SMARTS) is 1. The molecule has 0 radical (unpaired) electrons. The highest BCUT2D eigenvalue weighted by Crippen LogP contribution is 2.21. The van der Waals surface area contributed by atoms with Crippen LogP contribution in [-0.4, -0.2) is 30.1 Å². The van der Waals surface area contributed by atoms with Gasteiger partial charge in [0.2, 0.25) is 5.91 Å². The van der Waals surface area contributed by atoms with Crippen molar-refractivity contribution in [2.75, 3.05) is 13.2 Å². The van der Waals surface area contributed by atoms with E-state index in [1.165, 1.54) is 5.56 Å². The lowest BCUT2D eigenvalue weighted by atomic mass is 9.93. The molecule has 0 spiro atoms. The lowest BCUT2D eigenvalue weighted by Gasteiger charge is -2.23. The van der Waals surface area contributed by atoms with E-state index in [1.807, 2.05) is 32.0 Å². The van der Waals surface area contributed by atoms with Gasteiger partial charge in [-0.1, -0.05) is 6.07 Å². The first-order valence-electron chi connectivity index (χ1n) is 6.42. The minimum absolute atomic E-state index is 0.182.